The minimum absolute atomic E-state index is 0.0414. The van der Waals surface area contributed by atoms with Crippen molar-refractivity contribution in [2.45, 2.75) is 12.8 Å². The first-order valence-corrected chi connectivity index (χ1v) is 6.76. The van der Waals surface area contributed by atoms with Crippen LogP contribution in [0.3, 0.4) is 0 Å². The summed E-state index contributed by atoms with van der Waals surface area (Å²) < 4.78 is 0. The van der Waals surface area contributed by atoms with E-state index in [1.165, 1.54) is 0 Å². The van der Waals surface area contributed by atoms with E-state index in [2.05, 4.69) is 10.3 Å². The number of aromatic nitrogens is 1. The minimum atomic E-state index is -0.172. The molecule has 3 amide bonds. The van der Waals surface area contributed by atoms with Crippen molar-refractivity contribution in [1.82, 2.24) is 14.8 Å². The first-order valence-electron chi connectivity index (χ1n) is 6.76. The van der Waals surface area contributed by atoms with Gasteiger partial charge in [-0.1, -0.05) is 6.07 Å². The molecule has 6 heteroatoms. The molecule has 1 saturated heterocycles. The number of nitrogens with one attached hydrogen (secondary N) is 1. The molecule has 1 aliphatic rings. The number of amides is 3. The molecular formula is C14H20N4O2. The maximum Gasteiger partial charge on any atom is 0.319 e. The molecule has 0 aliphatic carbocycles. The number of rotatable bonds is 2. The number of carbonyl (C=O) groups is 2. The summed E-state index contributed by atoms with van der Waals surface area (Å²) in [6, 6.07) is 5.34. The zero-order valence-electron chi connectivity index (χ0n) is 11.9. The smallest absolute Gasteiger partial charge is 0.319 e. The topological polar surface area (TPSA) is 65.5 Å². The highest BCUT2D eigenvalue weighted by atomic mass is 16.2. The Balaban J connectivity index is 1.95. The largest absolute Gasteiger partial charge is 0.331 e. The van der Waals surface area contributed by atoms with E-state index in [-0.39, 0.29) is 17.9 Å². The molecule has 0 unspecified atom stereocenters. The number of likely N-dealkylation sites (tertiary alicyclic amines) is 1. The van der Waals surface area contributed by atoms with E-state index in [9.17, 15) is 9.59 Å². The van der Waals surface area contributed by atoms with Gasteiger partial charge in [-0.15, -0.1) is 0 Å². The average molecular weight is 276 g/mol. The van der Waals surface area contributed by atoms with Gasteiger partial charge in [0.15, 0.2) is 0 Å². The number of carbonyl (C=O) groups excluding carboxylic acids is 2. The summed E-state index contributed by atoms with van der Waals surface area (Å²) in [7, 11) is 3.44. The van der Waals surface area contributed by atoms with Gasteiger partial charge in [0, 0.05) is 33.4 Å². The highest BCUT2D eigenvalue weighted by Gasteiger charge is 2.29. The monoisotopic (exact) mass is 276 g/mol. The van der Waals surface area contributed by atoms with E-state index in [4.69, 9.17) is 0 Å². The van der Waals surface area contributed by atoms with Gasteiger partial charge in [-0.25, -0.2) is 9.78 Å². The summed E-state index contributed by atoms with van der Waals surface area (Å²) in [6.45, 7) is 1.18. The summed E-state index contributed by atoms with van der Waals surface area (Å²) in [4.78, 5) is 31.5. The Morgan fingerprint density at radius 2 is 2.20 bits per heavy atom. The van der Waals surface area contributed by atoms with Gasteiger partial charge in [0.2, 0.25) is 5.91 Å². The molecule has 0 saturated carbocycles. The fourth-order valence-electron chi connectivity index (χ4n) is 2.31. The molecule has 20 heavy (non-hydrogen) atoms. The average Bonchev–Trinajstić information content (AvgIpc) is 2.47. The Morgan fingerprint density at radius 3 is 2.85 bits per heavy atom. The summed E-state index contributed by atoms with van der Waals surface area (Å²) >= 11 is 0. The maximum absolute atomic E-state index is 12.2. The summed E-state index contributed by atoms with van der Waals surface area (Å²) in [5.41, 5.74) is 0. The summed E-state index contributed by atoms with van der Waals surface area (Å²) in [6.07, 6.45) is 3.29. The van der Waals surface area contributed by atoms with Crippen molar-refractivity contribution in [3.63, 3.8) is 0 Å². The van der Waals surface area contributed by atoms with Crippen molar-refractivity contribution in [3.8, 4) is 0 Å². The molecule has 0 spiro atoms. The van der Waals surface area contributed by atoms with Gasteiger partial charge in [-0.05, 0) is 25.0 Å². The van der Waals surface area contributed by atoms with Gasteiger partial charge >= 0.3 is 6.03 Å². The Bertz CT molecular complexity index is 475. The van der Waals surface area contributed by atoms with Gasteiger partial charge in [0.25, 0.3) is 0 Å². The number of piperidine rings is 1. The number of nitrogens with zero attached hydrogens (tertiary/aromatic N) is 3. The molecule has 0 radical (unpaired) electrons. The van der Waals surface area contributed by atoms with Crippen LogP contribution in [0.25, 0.3) is 0 Å². The maximum atomic E-state index is 12.2. The molecule has 2 heterocycles. The minimum Gasteiger partial charge on any atom is -0.331 e. The normalized spacial score (nSPS) is 18.5. The molecule has 6 nitrogen and oxygen atoms in total. The lowest BCUT2D eigenvalue weighted by Crippen LogP contribution is -2.47. The molecule has 1 aromatic rings. The van der Waals surface area contributed by atoms with E-state index >= 15 is 0 Å². The van der Waals surface area contributed by atoms with Crippen LogP contribution in [-0.4, -0.2) is 53.9 Å². The second-order valence-corrected chi connectivity index (χ2v) is 5.17. The van der Waals surface area contributed by atoms with Crippen LogP contribution < -0.4 is 5.32 Å². The molecule has 1 N–H and O–H groups in total. The van der Waals surface area contributed by atoms with Gasteiger partial charge in [-0.3, -0.25) is 4.79 Å². The van der Waals surface area contributed by atoms with Crippen LogP contribution in [0.2, 0.25) is 0 Å². The molecule has 2 rings (SSSR count). The molecule has 1 aromatic heterocycles. The zero-order chi connectivity index (χ0) is 14.5. The van der Waals surface area contributed by atoms with Crippen molar-refractivity contribution in [2.24, 2.45) is 5.92 Å². The van der Waals surface area contributed by atoms with Crippen LogP contribution in [0.1, 0.15) is 12.8 Å². The number of pyridine rings is 1. The Morgan fingerprint density at radius 1 is 1.40 bits per heavy atom. The molecular weight excluding hydrogens is 256 g/mol. The highest BCUT2D eigenvalue weighted by Crippen LogP contribution is 2.19. The highest BCUT2D eigenvalue weighted by molar-refractivity contribution is 5.92. The fraction of sp³-hybridized carbons (Fsp3) is 0.500. The van der Waals surface area contributed by atoms with Gasteiger partial charge in [0.1, 0.15) is 5.82 Å². The number of hydrogen-bond acceptors (Lipinski definition) is 3. The van der Waals surface area contributed by atoms with Gasteiger partial charge in [0.05, 0.1) is 5.92 Å². The van der Waals surface area contributed by atoms with E-state index in [1.807, 2.05) is 6.07 Å². The zero-order valence-corrected chi connectivity index (χ0v) is 11.9. The van der Waals surface area contributed by atoms with Crippen LogP contribution in [0.15, 0.2) is 24.4 Å². The second kappa shape index (κ2) is 6.36. The third-order valence-electron chi connectivity index (χ3n) is 3.36. The first-order chi connectivity index (χ1) is 9.58. The lowest BCUT2D eigenvalue weighted by Gasteiger charge is -2.33. The lowest BCUT2D eigenvalue weighted by atomic mass is 9.97. The molecule has 1 atom stereocenters. The predicted octanol–water partition coefficient (Wildman–Crippen LogP) is 1.41. The molecule has 1 aliphatic heterocycles. The predicted molar refractivity (Wildman–Crippen MR) is 76.2 cm³/mol. The van der Waals surface area contributed by atoms with E-state index in [0.29, 0.717) is 18.9 Å². The Labute approximate surface area is 118 Å². The van der Waals surface area contributed by atoms with Crippen molar-refractivity contribution < 1.29 is 9.59 Å². The van der Waals surface area contributed by atoms with Gasteiger partial charge < -0.3 is 15.1 Å². The van der Waals surface area contributed by atoms with Crippen molar-refractivity contribution in [2.75, 3.05) is 32.5 Å². The van der Waals surface area contributed by atoms with E-state index in [0.717, 1.165) is 12.8 Å². The standard InChI is InChI=1S/C14H20N4O2/c1-17(2)14(20)18-9-5-6-11(10-18)13(19)16-12-7-3-4-8-15-12/h3-4,7-8,11H,5-6,9-10H2,1-2H3,(H,15,16,19)/t11-/m0/s1. The van der Waals surface area contributed by atoms with E-state index in [1.54, 1.807) is 42.2 Å². The number of hydrogen-bond donors (Lipinski definition) is 1. The third-order valence-corrected chi connectivity index (χ3v) is 3.36. The quantitative estimate of drug-likeness (QED) is 0.888. The molecule has 1 fully saturated rings. The SMILES string of the molecule is CN(C)C(=O)N1CCC[C@H](C(=O)Nc2ccccn2)C1. The lowest BCUT2D eigenvalue weighted by molar-refractivity contribution is -0.121. The summed E-state index contributed by atoms with van der Waals surface area (Å²) in [5.74, 6) is 0.308. The van der Waals surface area contributed by atoms with Crippen LogP contribution in [0.4, 0.5) is 10.6 Å². The third kappa shape index (κ3) is 3.46. The van der Waals surface area contributed by atoms with Gasteiger partial charge in [-0.2, -0.15) is 0 Å². The van der Waals surface area contributed by atoms with Crippen molar-refractivity contribution in [1.29, 1.82) is 0 Å². The Hall–Kier alpha value is -2.11. The van der Waals surface area contributed by atoms with Crippen LogP contribution >= 0.6 is 0 Å². The Kier molecular flexibility index (Phi) is 4.55. The van der Waals surface area contributed by atoms with Crippen LogP contribution in [0, 0.1) is 5.92 Å². The second-order valence-electron chi connectivity index (χ2n) is 5.17. The molecule has 0 bridgehead atoms. The summed E-state index contributed by atoms with van der Waals surface area (Å²) in [5, 5.41) is 2.80. The van der Waals surface area contributed by atoms with Crippen molar-refractivity contribution in [3.05, 3.63) is 24.4 Å². The molecule has 0 aromatic carbocycles. The van der Waals surface area contributed by atoms with Crippen molar-refractivity contribution >= 4 is 17.8 Å². The van der Waals surface area contributed by atoms with Crippen LogP contribution in [-0.2, 0) is 4.79 Å². The molecule has 108 valence electrons. The van der Waals surface area contributed by atoms with Crippen LogP contribution in [0.5, 0.6) is 0 Å². The number of anilines is 1. The first kappa shape index (κ1) is 14.3. The number of urea groups is 1. The van der Waals surface area contributed by atoms with E-state index < -0.39 is 0 Å². The fourth-order valence-corrected chi connectivity index (χ4v) is 2.31.